The average Bonchev–Trinajstić information content (AvgIpc) is 2.71. The van der Waals surface area contributed by atoms with Crippen LogP contribution in [-0.4, -0.2) is 30.8 Å². The van der Waals surface area contributed by atoms with Crippen LogP contribution in [0.25, 0.3) is 0 Å². The molecule has 1 aliphatic carbocycles. The number of hydrogen-bond acceptors (Lipinski definition) is 3. The molecule has 0 aromatic heterocycles. The van der Waals surface area contributed by atoms with Gasteiger partial charge in [0.05, 0.1) is 0 Å². The highest BCUT2D eigenvalue weighted by molar-refractivity contribution is 5.95. The number of benzene rings is 1. The van der Waals surface area contributed by atoms with Gasteiger partial charge in [0, 0.05) is 37.2 Å². The van der Waals surface area contributed by atoms with Crippen molar-refractivity contribution in [1.82, 2.24) is 10.6 Å². The molecular weight excluding hydrogens is 354 g/mol. The van der Waals surface area contributed by atoms with Crippen molar-refractivity contribution in [3.05, 3.63) is 29.8 Å². The number of hydrogen-bond donors (Lipinski definition) is 3. The Balaban J connectivity index is 1.61. The number of carbonyl (C=O) groups excluding carboxylic acids is 3. The van der Waals surface area contributed by atoms with Crippen molar-refractivity contribution in [2.75, 3.05) is 18.4 Å². The number of rotatable bonds is 10. The summed E-state index contributed by atoms with van der Waals surface area (Å²) in [4.78, 5) is 35.6. The zero-order chi connectivity index (χ0) is 20.2. The van der Waals surface area contributed by atoms with Crippen LogP contribution in [0, 0.1) is 5.92 Å². The van der Waals surface area contributed by atoms with E-state index in [4.69, 9.17) is 0 Å². The van der Waals surface area contributed by atoms with Crippen LogP contribution in [0.15, 0.2) is 24.3 Å². The first-order valence-electron chi connectivity index (χ1n) is 10.5. The highest BCUT2D eigenvalue weighted by Gasteiger charge is 2.14. The molecule has 1 aromatic carbocycles. The van der Waals surface area contributed by atoms with Gasteiger partial charge in [-0.3, -0.25) is 14.4 Å². The fourth-order valence-electron chi connectivity index (χ4n) is 3.53. The Morgan fingerprint density at radius 3 is 2.25 bits per heavy atom. The van der Waals surface area contributed by atoms with Crippen LogP contribution in [0.4, 0.5) is 5.69 Å². The van der Waals surface area contributed by atoms with E-state index in [1.54, 1.807) is 24.3 Å². The van der Waals surface area contributed by atoms with E-state index in [-0.39, 0.29) is 17.7 Å². The second-order valence-electron chi connectivity index (χ2n) is 7.52. The Kier molecular flexibility index (Phi) is 9.52. The summed E-state index contributed by atoms with van der Waals surface area (Å²) in [6, 6.07) is 6.80. The molecule has 0 saturated heterocycles. The van der Waals surface area contributed by atoms with Gasteiger partial charge < -0.3 is 16.0 Å². The van der Waals surface area contributed by atoms with Gasteiger partial charge in [0.25, 0.3) is 5.91 Å². The Labute approximate surface area is 167 Å². The van der Waals surface area contributed by atoms with Crippen LogP contribution >= 0.6 is 0 Å². The summed E-state index contributed by atoms with van der Waals surface area (Å²) in [6.07, 6.45) is 9.25. The normalized spacial score (nSPS) is 14.3. The van der Waals surface area contributed by atoms with Gasteiger partial charge in [-0.25, -0.2) is 0 Å². The van der Waals surface area contributed by atoms with Crippen LogP contribution < -0.4 is 16.0 Å². The topological polar surface area (TPSA) is 87.3 Å². The maximum Gasteiger partial charge on any atom is 0.251 e. The number of nitrogens with one attached hydrogen (secondary N) is 3. The Morgan fingerprint density at radius 2 is 1.57 bits per heavy atom. The molecule has 1 aromatic rings. The minimum atomic E-state index is -0.192. The molecular formula is C22H33N3O3. The van der Waals surface area contributed by atoms with Gasteiger partial charge >= 0.3 is 0 Å². The van der Waals surface area contributed by atoms with Crippen LogP contribution in [-0.2, 0) is 9.59 Å². The van der Waals surface area contributed by atoms with Gasteiger partial charge in [0.2, 0.25) is 11.8 Å². The predicted molar refractivity (Wildman–Crippen MR) is 111 cm³/mol. The number of anilines is 1. The Bertz CT molecular complexity index is 637. The van der Waals surface area contributed by atoms with Crippen molar-refractivity contribution in [2.24, 2.45) is 5.92 Å². The summed E-state index contributed by atoms with van der Waals surface area (Å²) in [5.41, 5.74) is 1.21. The predicted octanol–water partition coefficient (Wildman–Crippen LogP) is 3.63. The highest BCUT2D eigenvalue weighted by atomic mass is 16.2. The molecule has 0 heterocycles. The van der Waals surface area contributed by atoms with Gasteiger partial charge in [0.15, 0.2) is 0 Å². The van der Waals surface area contributed by atoms with Crippen molar-refractivity contribution < 1.29 is 14.4 Å². The lowest BCUT2D eigenvalue weighted by molar-refractivity contribution is -0.121. The largest absolute Gasteiger partial charge is 0.354 e. The molecule has 0 atom stereocenters. The molecule has 3 N–H and O–H groups in total. The van der Waals surface area contributed by atoms with E-state index >= 15 is 0 Å². The van der Waals surface area contributed by atoms with Crippen LogP contribution in [0.5, 0.6) is 0 Å². The van der Waals surface area contributed by atoms with Gasteiger partial charge in [-0.2, -0.15) is 0 Å². The summed E-state index contributed by atoms with van der Waals surface area (Å²) in [6.45, 7) is 2.77. The second kappa shape index (κ2) is 12.2. The summed E-state index contributed by atoms with van der Waals surface area (Å²) in [7, 11) is 0. The molecule has 0 bridgehead atoms. The van der Waals surface area contributed by atoms with Crippen LogP contribution in [0.2, 0.25) is 0 Å². The van der Waals surface area contributed by atoms with Gasteiger partial charge in [-0.1, -0.05) is 39.0 Å². The van der Waals surface area contributed by atoms with Gasteiger partial charge in [-0.05, 0) is 43.0 Å². The first-order valence-corrected chi connectivity index (χ1v) is 10.5. The third kappa shape index (κ3) is 8.11. The molecule has 28 heavy (non-hydrogen) atoms. The highest BCUT2D eigenvalue weighted by Crippen LogP contribution is 2.27. The zero-order valence-electron chi connectivity index (χ0n) is 16.9. The number of carbonyl (C=O) groups is 3. The average molecular weight is 388 g/mol. The zero-order valence-corrected chi connectivity index (χ0v) is 16.9. The lowest BCUT2D eigenvalue weighted by atomic mass is 9.86. The van der Waals surface area contributed by atoms with Crippen LogP contribution in [0.3, 0.4) is 0 Å². The quantitative estimate of drug-likeness (QED) is 0.536. The van der Waals surface area contributed by atoms with E-state index < -0.39 is 0 Å². The SMILES string of the molecule is CCCC(=O)Nc1ccc(C(=O)NCCNC(=O)CCC2CCCCC2)cc1. The Morgan fingerprint density at radius 1 is 0.893 bits per heavy atom. The van der Waals surface area contributed by atoms with Crippen molar-refractivity contribution in [1.29, 1.82) is 0 Å². The molecule has 1 saturated carbocycles. The fraction of sp³-hybridized carbons (Fsp3) is 0.591. The Hall–Kier alpha value is -2.37. The lowest BCUT2D eigenvalue weighted by Crippen LogP contribution is -2.34. The van der Waals surface area contributed by atoms with Crippen LogP contribution in [0.1, 0.15) is 75.1 Å². The van der Waals surface area contributed by atoms with E-state index in [1.165, 1.54) is 32.1 Å². The summed E-state index contributed by atoms with van der Waals surface area (Å²) < 4.78 is 0. The molecule has 154 valence electrons. The number of amides is 3. The summed E-state index contributed by atoms with van der Waals surface area (Å²) in [5.74, 6) is 0.544. The van der Waals surface area contributed by atoms with E-state index in [0.29, 0.717) is 43.1 Å². The van der Waals surface area contributed by atoms with Crippen molar-refractivity contribution in [3.63, 3.8) is 0 Å². The molecule has 2 rings (SSSR count). The molecule has 3 amide bonds. The van der Waals surface area contributed by atoms with E-state index in [9.17, 15) is 14.4 Å². The minimum Gasteiger partial charge on any atom is -0.354 e. The molecule has 1 aliphatic rings. The molecule has 6 nitrogen and oxygen atoms in total. The van der Waals surface area contributed by atoms with Crippen molar-refractivity contribution >= 4 is 23.4 Å². The third-order valence-electron chi connectivity index (χ3n) is 5.15. The molecule has 0 radical (unpaired) electrons. The van der Waals surface area contributed by atoms with E-state index in [1.807, 2.05) is 6.92 Å². The minimum absolute atomic E-state index is 0.0288. The lowest BCUT2D eigenvalue weighted by Gasteiger charge is -2.20. The standard InChI is InChI=1S/C22H33N3O3/c1-2-6-21(27)25-19-12-10-18(11-13-19)22(28)24-16-15-23-20(26)14-9-17-7-4-3-5-8-17/h10-13,17H,2-9,14-16H2,1H3,(H,23,26)(H,24,28)(H,25,27). The summed E-state index contributed by atoms with van der Waals surface area (Å²) in [5, 5.41) is 8.46. The third-order valence-corrected chi connectivity index (χ3v) is 5.15. The smallest absolute Gasteiger partial charge is 0.251 e. The molecule has 0 aliphatic heterocycles. The maximum absolute atomic E-state index is 12.1. The summed E-state index contributed by atoms with van der Waals surface area (Å²) >= 11 is 0. The fourth-order valence-corrected chi connectivity index (χ4v) is 3.53. The van der Waals surface area contributed by atoms with Crippen molar-refractivity contribution in [3.8, 4) is 0 Å². The maximum atomic E-state index is 12.1. The van der Waals surface area contributed by atoms with Crippen molar-refractivity contribution in [2.45, 2.75) is 64.7 Å². The van der Waals surface area contributed by atoms with E-state index in [0.717, 1.165) is 12.8 Å². The van der Waals surface area contributed by atoms with Gasteiger partial charge in [-0.15, -0.1) is 0 Å². The molecule has 1 fully saturated rings. The molecule has 0 unspecified atom stereocenters. The molecule has 6 heteroatoms. The first-order chi connectivity index (χ1) is 13.6. The first kappa shape index (κ1) is 21.9. The van der Waals surface area contributed by atoms with Gasteiger partial charge in [0.1, 0.15) is 0 Å². The second-order valence-corrected chi connectivity index (χ2v) is 7.52. The monoisotopic (exact) mass is 387 g/mol. The molecule has 0 spiro atoms. The van der Waals surface area contributed by atoms with E-state index in [2.05, 4.69) is 16.0 Å².